The molecule has 4 heteroatoms. The van der Waals surface area contributed by atoms with Gasteiger partial charge in [-0.1, -0.05) is 6.92 Å². The van der Waals surface area contributed by atoms with Crippen molar-refractivity contribution in [3.63, 3.8) is 0 Å². The normalized spacial score (nSPS) is 17.2. The maximum absolute atomic E-state index is 9.22. The first-order chi connectivity index (χ1) is 7.67. The zero-order valence-electron chi connectivity index (χ0n) is 9.95. The second kappa shape index (κ2) is 4.37. The highest BCUT2D eigenvalue weighted by atomic mass is 16.3. The van der Waals surface area contributed by atoms with Gasteiger partial charge in [0.1, 0.15) is 11.6 Å². The van der Waals surface area contributed by atoms with Crippen molar-refractivity contribution >= 4 is 5.82 Å². The molecular formula is C12H19N3O. The number of aryl methyl sites for hydroxylation is 2. The van der Waals surface area contributed by atoms with Gasteiger partial charge >= 0.3 is 0 Å². The van der Waals surface area contributed by atoms with Gasteiger partial charge in [0.05, 0.1) is 6.61 Å². The van der Waals surface area contributed by atoms with Crippen molar-refractivity contribution in [2.45, 2.75) is 33.1 Å². The van der Waals surface area contributed by atoms with E-state index in [0.29, 0.717) is 0 Å². The summed E-state index contributed by atoms with van der Waals surface area (Å²) in [4.78, 5) is 8.68. The number of nitrogens with one attached hydrogen (secondary N) is 1. The molecule has 0 aromatic carbocycles. The summed E-state index contributed by atoms with van der Waals surface area (Å²) in [5.74, 6) is 1.68. The van der Waals surface area contributed by atoms with Crippen molar-refractivity contribution < 1.29 is 5.11 Å². The highest BCUT2D eigenvalue weighted by Crippen LogP contribution is 2.44. The minimum Gasteiger partial charge on any atom is -0.396 e. The van der Waals surface area contributed by atoms with Crippen LogP contribution in [-0.2, 0) is 6.42 Å². The highest BCUT2D eigenvalue weighted by molar-refractivity contribution is 5.36. The Balaban J connectivity index is 2.01. The van der Waals surface area contributed by atoms with E-state index in [-0.39, 0.29) is 12.0 Å². The fraction of sp³-hybridized carbons (Fsp3) is 0.667. The van der Waals surface area contributed by atoms with E-state index in [0.717, 1.165) is 43.1 Å². The summed E-state index contributed by atoms with van der Waals surface area (Å²) in [6.45, 7) is 5.07. The van der Waals surface area contributed by atoms with Crippen LogP contribution < -0.4 is 5.32 Å². The monoisotopic (exact) mass is 221 g/mol. The lowest BCUT2D eigenvalue weighted by atomic mass is 10.1. The van der Waals surface area contributed by atoms with E-state index in [1.54, 1.807) is 0 Å². The molecule has 0 saturated heterocycles. The SMILES string of the molecule is CCc1cc(NCC2(CO)CC2)nc(C)n1. The first-order valence-corrected chi connectivity index (χ1v) is 5.87. The predicted octanol–water partition coefficient (Wildman–Crippen LogP) is 1.53. The molecule has 0 spiro atoms. The van der Waals surface area contributed by atoms with Crippen LogP contribution in [0.1, 0.15) is 31.3 Å². The number of anilines is 1. The predicted molar refractivity (Wildman–Crippen MR) is 63.4 cm³/mol. The number of aliphatic hydroxyl groups is 1. The Bertz CT molecular complexity index is 375. The van der Waals surface area contributed by atoms with Gasteiger partial charge in [-0.3, -0.25) is 0 Å². The van der Waals surface area contributed by atoms with E-state index < -0.39 is 0 Å². The molecule has 1 heterocycles. The Hall–Kier alpha value is -1.16. The minimum absolute atomic E-state index is 0.116. The smallest absolute Gasteiger partial charge is 0.129 e. The molecule has 0 bridgehead atoms. The Morgan fingerprint density at radius 2 is 2.19 bits per heavy atom. The Morgan fingerprint density at radius 3 is 2.75 bits per heavy atom. The third-order valence-electron chi connectivity index (χ3n) is 3.19. The number of nitrogens with zero attached hydrogens (tertiary/aromatic N) is 2. The third-order valence-corrected chi connectivity index (χ3v) is 3.19. The molecule has 88 valence electrons. The number of aromatic nitrogens is 2. The zero-order valence-corrected chi connectivity index (χ0v) is 9.95. The summed E-state index contributed by atoms with van der Waals surface area (Å²) in [7, 11) is 0. The van der Waals surface area contributed by atoms with E-state index in [2.05, 4.69) is 22.2 Å². The van der Waals surface area contributed by atoms with Crippen LogP contribution in [0.25, 0.3) is 0 Å². The van der Waals surface area contributed by atoms with E-state index in [4.69, 9.17) is 0 Å². The van der Waals surface area contributed by atoms with E-state index in [1.807, 2.05) is 13.0 Å². The molecule has 1 aliphatic carbocycles. The van der Waals surface area contributed by atoms with Gasteiger partial charge in [-0.05, 0) is 26.2 Å². The maximum Gasteiger partial charge on any atom is 0.129 e. The Labute approximate surface area is 96.1 Å². The fourth-order valence-electron chi connectivity index (χ4n) is 1.75. The van der Waals surface area contributed by atoms with Crippen LogP contribution in [0.2, 0.25) is 0 Å². The average Bonchev–Trinajstić information content (AvgIpc) is 3.06. The van der Waals surface area contributed by atoms with Crippen LogP contribution in [0.3, 0.4) is 0 Å². The average molecular weight is 221 g/mol. The summed E-state index contributed by atoms with van der Waals surface area (Å²) < 4.78 is 0. The van der Waals surface area contributed by atoms with Gasteiger partial charge in [0.25, 0.3) is 0 Å². The molecule has 0 amide bonds. The number of rotatable bonds is 5. The summed E-state index contributed by atoms with van der Waals surface area (Å²) in [6.07, 6.45) is 3.14. The summed E-state index contributed by atoms with van der Waals surface area (Å²) in [6, 6.07) is 1.99. The number of aliphatic hydroxyl groups excluding tert-OH is 1. The lowest BCUT2D eigenvalue weighted by Crippen LogP contribution is -2.20. The quantitative estimate of drug-likeness (QED) is 0.791. The van der Waals surface area contributed by atoms with Crippen LogP contribution in [0.5, 0.6) is 0 Å². The summed E-state index contributed by atoms with van der Waals surface area (Å²) in [5, 5.41) is 12.5. The Morgan fingerprint density at radius 1 is 1.44 bits per heavy atom. The largest absolute Gasteiger partial charge is 0.396 e. The topological polar surface area (TPSA) is 58.0 Å². The summed E-state index contributed by atoms with van der Waals surface area (Å²) >= 11 is 0. The molecule has 16 heavy (non-hydrogen) atoms. The first kappa shape index (κ1) is 11.3. The second-order valence-corrected chi connectivity index (χ2v) is 4.66. The van der Waals surface area contributed by atoms with E-state index >= 15 is 0 Å². The Kier molecular flexibility index (Phi) is 3.10. The molecule has 0 unspecified atom stereocenters. The molecular weight excluding hydrogens is 202 g/mol. The fourth-order valence-corrected chi connectivity index (χ4v) is 1.75. The van der Waals surface area contributed by atoms with Gasteiger partial charge in [0.15, 0.2) is 0 Å². The molecule has 1 aliphatic rings. The van der Waals surface area contributed by atoms with Crippen molar-refractivity contribution in [1.82, 2.24) is 9.97 Å². The number of hydrogen-bond acceptors (Lipinski definition) is 4. The molecule has 0 aliphatic heterocycles. The standard InChI is InChI=1S/C12H19N3O/c1-3-10-6-11(15-9(2)14-10)13-7-12(8-16)4-5-12/h6,16H,3-5,7-8H2,1-2H3,(H,13,14,15). The van der Waals surface area contributed by atoms with E-state index in [9.17, 15) is 5.11 Å². The molecule has 1 aromatic heterocycles. The molecule has 2 rings (SSSR count). The van der Waals surface area contributed by atoms with Crippen molar-refractivity contribution in [2.75, 3.05) is 18.5 Å². The zero-order chi connectivity index (χ0) is 11.6. The third kappa shape index (κ3) is 2.50. The number of hydrogen-bond donors (Lipinski definition) is 2. The van der Waals surface area contributed by atoms with Crippen LogP contribution in [-0.4, -0.2) is 28.2 Å². The molecule has 2 N–H and O–H groups in total. The summed E-state index contributed by atoms with van der Waals surface area (Å²) in [5.41, 5.74) is 1.18. The van der Waals surface area contributed by atoms with E-state index in [1.165, 1.54) is 0 Å². The molecule has 1 saturated carbocycles. The minimum atomic E-state index is 0.116. The van der Waals surface area contributed by atoms with Crippen LogP contribution in [0, 0.1) is 12.3 Å². The van der Waals surface area contributed by atoms with Crippen LogP contribution in [0.15, 0.2) is 6.07 Å². The molecule has 1 aromatic rings. The van der Waals surface area contributed by atoms with Gasteiger partial charge in [-0.15, -0.1) is 0 Å². The molecule has 1 fully saturated rings. The van der Waals surface area contributed by atoms with Gasteiger partial charge in [-0.25, -0.2) is 9.97 Å². The highest BCUT2D eigenvalue weighted by Gasteiger charge is 2.41. The van der Waals surface area contributed by atoms with Gasteiger partial charge in [-0.2, -0.15) is 0 Å². The molecule has 0 atom stereocenters. The van der Waals surface area contributed by atoms with Crippen molar-refractivity contribution in [3.8, 4) is 0 Å². The second-order valence-electron chi connectivity index (χ2n) is 4.66. The molecule has 0 radical (unpaired) electrons. The van der Waals surface area contributed by atoms with Crippen molar-refractivity contribution in [2.24, 2.45) is 5.41 Å². The van der Waals surface area contributed by atoms with Crippen LogP contribution in [0.4, 0.5) is 5.82 Å². The first-order valence-electron chi connectivity index (χ1n) is 5.87. The van der Waals surface area contributed by atoms with Gasteiger partial charge in [0.2, 0.25) is 0 Å². The maximum atomic E-state index is 9.22. The van der Waals surface area contributed by atoms with Crippen molar-refractivity contribution in [1.29, 1.82) is 0 Å². The van der Waals surface area contributed by atoms with Gasteiger partial charge < -0.3 is 10.4 Å². The lowest BCUT2D eigenvalue weighted by Gasteiger charge is -2.13. The molecule has 4 nitrogen and oxygen atoms in total. The lowest BCUT2D eigenvalue weighted by molar-refractivity contribution is 0.219. The van der Waals surface area contributed by atoms with Gasteiger partial charge in [0, 0.05) is 23.7 Å². The van der Waals surface area contributed by atoms with Crippen molar-refractivity contribution in [3.05, 3.63) is 17.6 Å². The van der Waals surface area contributed by atoms with Crippen LogP contribution >= 0.6 is 0 Å².